The number of fused-ring (bicyclic) bond motifs is 1. The van der Waals surface area contributed by atoms with E-state index in [-0.39, 0.29) is 18.1 Å². The number of para-hydroxylation sites is 1. The molecule has 4 aromatic rings. The second-order valence-corrected chi connectivity index (χ2v) is 11.7. The number of carbonyl (C=O) groups is 2. The van der Waals surface area contributed by atoms with Crippen molar-refractivity contribution < 1.29 is 19.1 Å². The van der Waals surface area contributed by atoms with Crippen LogP contribution in [0.1, 0.15) is 78.3 Å². The maximum atomic E-state index is 13.5. The molecule has 0 saturated carbocycles. The van der Waals surface area contributed by atoms with Gasteiger partial charge in [-0.15, -0.1) is 0 Å². The van der Waals surface area contributed by atoms with Crippen molar-refractivity contribution >= 4 is 23.0 Å². The summed E-state index contributed by atoms with van der Waals surface area (Å²) in [6.45, 7) is 9.12. The Hall–Kier alpha value is -3.91. The highest BCUT2D eigenvalue weighted by molar-refractivity contribution is 5.93. The largest absolute Gasteiger partial charge is 0.465 e. The summed E-state index contributed by atoms with van der Waals surface area (Å²) in [5, 5.41) is 5.43. The Balaban J connectivity index is 1.52. The van der Waals surface area contributed by atoms with Gasteiger partial charge in [0.05, 0.1) is 24.4 Å². The summed E-state index contributed by atoms with van der Waals surface area (Å²) in [6.07, 6.45) is 5.57. The van der Waals surface area contributed by atoms with Gasteiger partial charge in [0.15, 0.2) is 0 Å². The van der Waals surface area contributed by atoms with Crippen LogP contribution in [0, 0.1) is 6.92 Å². The molecule has 2 atom stereocenters. The Labute approximate surface area is 235 Å². The fourth-order valence-corrected chi connectivity index (χ4v) is 5.79. The van der Waals surface area contributed by atoms with Crippen LogP contribution in [0.2, 0.25) is 0 Å². The molecule has 2 aromatic heterocycles. The van der Waals surface area contributed by atoms with E-state index >= 15 is 0 Å². The molecule has 2 aromatic carbocycles. The van der Waals surface area contributed by atoms with Crippen molar-refractivity contribution in [3.8, 4) is 0 Å². The van der Waals surface area contributed by atoms with E-state index in [1.54, 1.807) is 4.57 Å². The van der Waals surface area contributed by atoms with Gasteiger partial charge in [-0.2, -0.15) is 5.10 Å². The maximum absolute atomic E-state index is 13.5. The third-order valence-corrected chi connectivity index (χ3v) is 7.67. The highest BCUT2D eigenvalue weighted by Crippen LogP contribution is 2.40. The number of methoxy groups -OCH3 is 1. The highest BCUT2D eigenvalue weighted by Gasteiger charge is 2.33. The smallest absolute Gasteiger partial charge is 0.419 e. The van der Waals surface area contributed by atoms with Gasteiger partial charge < -0.3 is 9.47 Å². The summed E-state index contributed by atoms with van der Waals surface area (Å²) >= 11 is 0. The van der Waals surface area contributed by atoms with E-state index in [1.807, 2.05) is 88.1 Å². The summed E-state index contributed by atoms with van der Waals surface area (Å²) in [5.41, 5.74) is 5.08. The lowest BCUT2D eigenvalue weighted by Crippen LogP contribution is -2.37. The minimum atomic E-state index is -0.611. The number of hydrogen-bond donors (Lipinski definition) is 0. The number of benzene rings is 2. The summed E-state index contributed by atoms with van der Waals surface area (Å²) in [5.74, 6) is 0.00623. The van der Waals surface area contributed by atoms with Gasteiger partial charge >= 0.3 is 12.1 Å². The molecule has 1 aliphatic heterocycles. The number of hydrogen-bond acceptors (Lipinski definition) is 6. The molecule has 1 aliphatic rings. The Bertz CT molecular complexity index is 1530. The summed E-state index contributed by atoms with van der Waals surface area (Å²) < 4.78 is 14.4. The van der Waals surface area contributed by atoms with Gasteiger partial charge in [-0.05, 0) is 87.9 Å². The van der Waals surface area contributed by atoms with Crippen LogP contribution in [0.5, 0.6) is 0 Å². The normalized spacial score (nSPS) is 18.1. The summed E-state index contributed by atoms with van der Waals surface area (Å²) in [4.78, 5) is 28.0. The van der Waals surface area contributed by atoms with Crippen LogP contribution in [0.15, 0.2) is 60.9 Å². The molecule has 0 N–H and O–H groups in total. The van der Waals surface area contributed by atoms with Gasteiger partial charge in [-0.3, -0.25) is 9.58 Å². The van der Waals surface area contributed by atoms with Gasteiger partial charge in [0.2, 0.25) is 0 Å². The molecule has 0 aliphatic carbocycles. The van der Waals surface area contributed by atoms with Crippen LogP contribution in [0.4, 0.5) is 4.79 Å². The van der Waals surface area contributed by atoms with E-state index in [2.05, 4.69) is 22.3 Å². The van der Waals surface area contributed by atoms with Gasteiger partial charge in [0, 0.05) is 36.9 Å². The molecular weight excluding hydrogens is 504 g/mol. The molecule has 8 nitrogen and oxygen atoms in total. The van der Waals surface area contributed by atoms with Crippen molar-refractivity contribution in [2.75, 3.05) is 13.7 Å². The number of esters is 1. The first-order valence-electron chi connectivity index (χ1n) is 13.8. The molecule has 0 radical (unpaired) electrons. The van der Waals surface area contributed by atoms with Crippen LogP contribution in [-0.2, 0) is 23.1 Å². The van der Waals surface area contributed by atoms with Gasteiger partial charge in [-0.25, -0.2) is 14.2 Å². The first-order chi connectivity index (χ1) is 19.0. The van der Waals surface area contributed by atoms with Crippen LogP contribution in [0.25, 0.3) is 10.9 Å². The molecule has 3 heterocycles. The molecule has 1 fully saturated rings. The third-order valence-electron chi connectivity index (χ3n) is 7.67. The van der Waals surface area contributed by atoms with Crippen LogP contribution >= 0.6 is 0 Å². The molecular formula is C32H38N4O4. The van der Waals surface area contributed by atoms with Gasteiger partial charge in [0.25, 0.3) is 0 Å². The Morgan fingerprint density at radius 1 is 1.07 bits per heavy atom. The Morgan fingerprint density at radius 3 is 2.48 bits per heavy atom. The molecule has 0 amide bonds. The summed E-state index contributed by atoms with van der Waals surface area (Å²) in [7, 11) is 3.34. The van der Waals surface area contributed by atoms with Crippen molar-refractivity contribution in [2.45, 2.75) is 64.6 Å². The topological polar surface area (TPSA) is 78.6 Å². The number of aryl methyl sites for hydroxylation is 2. The molecule has 40 heavy (non-hydrogen) atoms. The summed E-state index contributed by atoms with van der Waals surface area (Å²) in [6, 6.07) is 16.0. The SMILES string of the molecule is COC(=O)c1ccc([C@@H]2CC(c3cnn(C)c3)CCN2Cc2cc3cccc(C)c3n2C(=O)OC(C)(C)C)cc1. The molecule has 1 saturated heterocycles. The van der Waals surface area contributed by atoms with E-state index in [0.717, 1.165) is 47.1 Å². The molecule has 210 valence electrons. The van der Waals surface area contributed by atoms with E-state index in [4.69, 9.17) is 9.47 Å². The second kappa shape index (κ2) is 10.9. The fourth-order valence-electron chi connectivity index (χ4n) is 5.79. The molecule has 0 bridgehead atoms. The minimum Gasteiger partial charge on any atom is -0.465 e. The lowest BCUT2D eigenvalue weighted by Gasteiger charge is -2.40. The number of nitrogens with zero attached hydrogens (tertiary/aromatic N) is 4. The zero-order chi connectivity index (χ0) is 28.6. The highest BCUT2D eigenvalue weighted by atomic mass is 16.6. The average Bonchev–Trinajstić information content (AvgIpc) is 3.51. The van der Waals surface area contributed by atoms with Crippen molar-refractivity contribution in [2.24, 2.45) is 7.05 Å². The average molecular weight is 543 g/mol. The van der Waals surface area contributed by atoms with Crippen molar-refractivity contribution in [3.05, 3.63) is 88.9 Å². The van der Waals surface area contributed by atoms with Gasteiger partial charge in [0.1, 0.15) is 5.60 Å². The molecule has 8 heteroatoms. The van der Waals surface area contributed by atoms with Crippen molar-refractivity contribution in [3.63, 3.8) is 0 Å². The predicted octanol–water partition coefficient (Wildman–Crippen LogP) is 6.37. The minimum absolute atomic E-state index is 0.0804. The number of aromatic nitrogens is 3. The maximum Gasteiger partial charge on any atom is 0.419 e. The fraction of sp³-hybridized carbons (Fsp3) is 0.406. The van der Waals surface area contributed by atoms with E-state index in [9.17, 15) is 9.59 Å². The van der Waals surface area contributed by atoms with E-state index in [0.29, 0.717) is 18.0 Å². The zero-order valence-corrected chi connectivity index (χ0v) is 24.2. The number of piperidine rings is 1. The van der Waals surface area contributed by atoms with E-state index < -0.39 is 5.60 Å². The van der Waals surface area contributed by atoms with Crippen LogP contribution in [0.3, 0.4) is 0 Å². The van der Waals surface area contributed by atoms with Crippen LogP contribution < -0.4 is 0 Å². The number of carbonyl (C=O) groups excluding carboxylic acids is 2. The first-order valence-corrected chi connectivity index (χ1v) is 13.8. The predicted molar refractivity (Wildman–Crippen MR) is 154 cm³/mol. The molecule has 1 unspecified atom stereocenters. The van der Waals surface area contributed by atoms with Gasteiger partial charge in [-0.1, -0.05) is 30.3 Å². The number of rotatable bonds is 5. The number of ether oxygens (including phenoxy) is 2. The van der Waals surface area contributed by atoms with Crippen molar-refractivity contribution in [1.29, 1.82) is 0 Å². The quantitative estimate of drug-likeness (QED) is 0.273. The standard InChI is InChI=1S/C32H38N4O4/c1-21-8-7-9-25-16-27(36(29(21)25)31(38)40-32(2,3)4)20-35-15-14-24(26-18-33-34(5)19-26)17-28(35)22-10-12-23(13-11-22)30(37)39-6/h7-13,16,18-19,24,28H,14-15,17,20H2,1-6H3/t24?,28-/m0/s1. The second-order valence-electron chi connectivity index (χ2n) is 11.7. The number of likely N-dealkylation sites (tertiary alicyclic amines) is 1. The van der Waals surface area contributed by atoms with Crippen LogP contribution in [-0.4, -0.2) is 50.6 Å². The Kier molecular flexibility index (Phi) is 7.55. The van der Waals surface area contributed by atoms with E-state index in [1.165, 1.54) is 12.7 Å². The lowest BCUT2D eigenvalue weighted by molar-refractivity contribution is 0.0528. The third kappa shape index (κ3) is 5.68. The zero-order valence-electron chi connectivity index (χ0n) is 24.2. The first kappa shape index (κ1) is 27.6. The molecule has 0 spiro atoms. The lowest BCUT2D eigenvalue weighted by atomic mass is 9.83. The monoisotopic (exact) mass is 542 g/mol. The van der Waals surface area contributed by atoms with Crippen molar-refractivity contribution in [1.82, 2.24) is 19.2 Å². The Morgan fingerprint density at radius 2 is 1.82 bits per heavy atom. The molecule has 5 rings (SSSR count).